The van der Waals surface area contributed by atoms with Crippen molar-refractivity contribution in [1.29, 1.82) is 0 Å². The Hall–Kier alpha value is -1.44. The van der Waals surface area contributed by atoms with Crippen LogP contribution >= 0.6 is 22.6 Å². The number of carbonyl (C=O) groups is 1. The van der Waals surface area contributed by atoms with Crippen molar-refractivity contribution in [3.05, 3.63) is 30.5 Å². The van der Waals surface area contributed by atoms with Crippen LogP contribution in [0.1, 0.15) is 6.42 Å². The molecule has 1 aromatic carbocycles. The number of rotatable bonds is 5. The van der Waals surface area contributed by atoms with E-state index in [-0.39, 0.29) is 3.79 Å². The van der Waals surface area contributed by atoms with Gasteiger partial charge >= 0.3 is 0 Å². The summed E-state index contributed by atoms with van der Waals surface area (Å²) in [6, 6.07) is 7.63. The fraction of sp³-hybridized carbons (Fsp3) is 0.250. The van der Waals surface area contributed by atoms with Gasteiger partial charge in [-0.15, -0.1) is 5.10 Å². The standard InChI is InChI=1S/C12H12IN3O2/c1-18-10-4-2-3-9(7-10)11-8-16(15-14-11)6-5-12(13)17/h2-4,7-8H,5-6H2,1H3. The zero-order valence-electron chi connectivity index (χ0n) is 9.84. The maximum Gasteiger partial charge on any atom is 0.194 e. The van der Waals surface area contributed by atoms with Crippen LogP contribution in [0.2, 0.25) is 0 Å². The molecule has 94 valence electrons. The molecule has 0 saturated carbocycles. The van der Waals surface area contributed by atoms with E-state index in [4.69, 9.17) is 4.74 Å². The van der Waals surface area contributed by atoms with E-state index in [0.717, 1.165) is 17.0 Å². The first kappa shape index (κ1) is 13.0. The minimum atomic E-state index is 0.117. The molecule has 1 heterocycles. The molecule has 0 aliphatic carbocycles. The second-order valence-corrected chi connectivity index (χ2v) is 4.91. The number of aryl methyl sites for hydroxylation is 1. The van der Waals surface area contributed by atoms with Crippen LogP contribution in [0.4, 0.5) is 0 Å². The van der Waals surface area contributed by atoms with E-state index in [1.54, 1.807) is 34.4 Å². The van der Waals surface area contributed by atoms with Crippen molar-refractivity contribution in [1.82, 2.24) is 15.0 Å². The van der Waals surface area contributed by atoms with E-state index in [1.165, 1.54) is 0 Å². The predicted molar refractivity (Wildman–Crippen MR) is 75.7 cm³/mol. The van der Waals surface area contributed by atoms with Gasteiger partial charge < -0.3 is 4.74 Å². The van der Waals surface area contributed by atoms with Gasteiger partial charge in [0, 0.05) is 12.0 Å². The summed E-state index contributed by atoms with van der Waals surface area (Å²) < 4.78 is 6.95. The molecule has 2 aromatic rings. The smallest absolute Gasteiger partial charge is 0.194 e. The van der Waals surface area contributed by atoms with Gasteiger partial charge in [-0.25, -0.2) is 0 Å². The molecule has 18 heavy (non-hydrogen) atoms. The molecule has 0 spiro atoms. The molecule has 5 nitrogen and oxygen atoms in total. The Morgan fingerprint density at radius 3 is 3.06 bits per heavy atom. The van der Waals surface area contributed by atoms with Gasteiger partial charge in [-0.05, 0) is 34.7 Å². The van der Waals surface area contributed by atoms with Gasteiger partial charge in [0.05, 0.1) is 19.9 Å². The van der Waals surface area contributed by atoms with E-state index < -0.39 is 0 Å². The van der Waals surface area contributed by atoms with E-state index in [9.17, 15) is 4.79 Å². The van der Waals surface area contributed by atoms with E-state index >= 15 is 0 Å². The molecule has 2 rings (SSSR count). The first-order valence-corrected chi connectivity index (χ1v) is 6.50. The molecule has 0 atom stereocenters. The summed E-state index contributed by atoms with van der Waals surface area (Å²) >= 11 is 1.78. The quantitative estimate of drug-likeness (QED) is 0.609. The van der Waals surface area contributed by atoms with E-state index in [2.05, 4.69) is 10.3 Å². The molecule has 0 aliphatic heterocycles. The summed E-state index contributed by atoms with van der Waals surface area (Å²) in [6.45, 7) is 0.554. The number of methoxy groups -OCH3 is 1. The summed E-state index contributed by atoms with van der Waals surface area (Å²) in [6.07, 6.45) is 2.29. The lowest BCUT2D eigenvalue weighted by atomic mass is 10.1. The summed E-state index contributed by atoms with van der Waals surface area (Å²) in [5.74, 6) is 0.782. The Morgan fingerprint density at radius 2 is 2.33 bits per heavy atom. The number of nitrogens with zero attached hydrogens (tertiary/aromatic N) is 3. The molecular weight excluding hydrogens is 345 g/mol. The molecule has 0 bridgehead atoms. The van der Waals surface area contributed by atoms with Crippen molar-refractivity contribution in [2.75, 3.05) is 7.11 Å². The van der Waals surface area contributed by atoms with E-state index in [1.807, 2.05) is 30.5 Å². The van der Waals surface area contributed by atoms with Crippen LogP contribution in [0.15, 0.2) is 30.5 Å². The largest absolute Gasteiger partial charge is 0.497 e. The molecule has 1 aromatic heterocycles. The van der Waals surface area contributed by atoms with Crippen molar-refractivity contribution in [3.63, 3.8) is 0 Å². The van der Waals surface area contributed by atoms with Crippen LogP contribution in [0.25, 0.3) is 11.3 Å². The van der Waals surface area contributed by atoms with Gasteiger partial charge in [0.1, 0.15) is 11.4 Å². The van der Waals surface area contributed by atoms with Crippen LogP contribution in [0, 0.1) is 0 Å². The maximum absolute atomic E-state index is 10.9. The van der Waals surface area contributed by atoms with E-state index in [0.29, 0.717) is 13.0 Å². The SMILES string of the molecule is COc1cccc(-c2cn(CCC(=O)I)nn2)c1. The highest BCUT2D eigenvalue weighted by Crippen LogP contribution is 2.21. The van der Waals surface area contributed by atoms with Gasteiger partial charge in [0.2, 0.25) is 0 Å². The molecule has 0 N–H and O–H groups in total. The molecule has 0 saturated heterocycles. The topological polar surface area (TPSA) is 57.0 Å². The number of benzene rings is 1. The number of hydrogen-bond donors (Lipinski definition) is 0. The van der Waals surface area contributed by atoms with Crippen molar-refractivity contribution in [2.45, 2.75) is 13.0 Å². The summed E-state index contributed by atoms with van der Waals surface area (Å²) in [5.41, 5.74) is 1.72. The Balaban J connectivity index is 2.15. The first-order valence-electron chi connectivity index (χ1n) is 5.42. The summed E-state index contributed by atoms with van der Waals surface area (Å²) in [7, 11) is 1.63. The number of ether oxygens (including phenoxy) is 1. The molecule has 0 amide bonds. The van der Waals surface area contributed by atoms with Crippen molar-refractivity contribution >= 4 is 26.4 Å². The van der Waals surface area contributed by atoms with Crippen LogP contribution < -0.4 is 4.74 Å². The van der Waals surface area contributed by atoms with Crippen LogP contribution in [0.3, 0.4) is 0 Å². The van der Waals surface area contributed by atoms with Crippen molar-refractivity contribution < 1.29 is 9.53 Å². The number of hydrogen-bond acceptors (Lipinski definition) is 4. The molecule has 6 heteroatoms. The first-order chi connectivity index (χ1) is 8.69. The Bertz CT molecular complexity index is 554. The summed E-state index contributed by atoms with van der Waals surface area (Å²) in [5, 5.41) is 8.07. The lowest BCUT2D eigenvalue weighted by molar-refractivity contribution is -0.109. The monoisotopic (exact) mass is 357 g/mol. The number of aromatic nitrogens is 3. The lowest BCUT2D eigenvalue weighted by Crippen LogP contribution is -2.01. The third kappa shape index (κ3) is 3.28. The van der Waals surface area contributed by atoms with Crippen LogP contribution in [-0.4, -0.2) is 25.9 Å². The van der Waals surface area contributed by atoms with Gasteiger partial charge in [-0.3, -0.25) is 9.48 Å². The number of halogens is 1. The van der Waals surface area contributed by atoms with Gasteiger partial charge in [0.25, 0.3) is 0 Å². The lowest BCUT2D eigenvalue weighted by Gasteiger charge is -2.00. The van der Waals surface area contributed by atoms with Gasteiger partial charge in [-0.1, -0.05) is 17.3 Å². The minimum Gasteiger partial charge on any atom is -0.497 e. The van der Waals surface area contributed by atoms with Crippen molar-refractivity contribution in [3.8, 4) is 17.0 Å². The molecule has 0 radical (unpaired) electrons. The van der Waals surface area contributed by atoms with Crippen molar-refractivity contribution in [2.24, 2.45) is 0 Å². The fourth-order valence-electron chi connectivity index (χ4n) is 1.52. The Kier molecular flexibility index (Phi) is 4.29. The fourth-order valence-corrected chi connectivity index (χ4v) is 1.77. The Morgan fingerprint density at radius 1 is 1.50 bits per heavy atom. The third-order valence-electron chi connectivity index (χ3n) is 2.44. The highest BCUT2D eigenvalue weighted by molar-refractivity contribution is 14.1. The highest BCUT2D eigenvalue weighted by Gasteiger charge is 2.05. The van der Waals surface area contributed by atoms with Gasteiger partial charge in [-0.2, -0.15) is 0 Å². The predicted octanol–water partition coefficient (Wildman–Crippen LogP) is 2.31. The average Bonchev–Trinajstić information content (AvgIpc) is 2.85. The van der Waals surface area contributed by atoms with Crippen LogP contribution in [-0.2, 0) is 11.3 Å². The average molecular weight is 357 g/mol. The van der Waals surface area contributed by atoms with Crippen LogP contribution in [0.5, 0.6) is 5.75 Å². The second kappa shape index (κ2) is 5.94. The normalized spacial score (nSPS) is 10.3. The second-order valence-electron chi connectivity index (χ2n) is 3.70. The highest BCUT2D eigenvalue weighted by atomic mass is 127. The summed E-state index contributed by atoms with van der Waals surface area (Å²) in [4.78, 5) is 10.9. The zero-order valence-corrected chi connectivity index (χ0v) is 12.0. The third-order valence-corrected chi connectivity index (χ3v) is 2.98. The molecule has 0 unspecified atom stereocenters. The molecule has 0 aliphatic rings. The Labute approximate surface area is 118 Å². The van der Waals surface area contributed by atoms with Gasteiger partial charge in [0.15, 0.2) is 3.79 Å². The number of carbonyl (C=O) groups excluding carboxylic acids is 1. The molecular formula is C12H12IN3O2. The molecule has 0 fully saturated rings. The zero-order chi connectivity index (χ0) is 13.0. The minimum absolute atomic E-state index is 0.117. The maximum atomic E-state index is 10.9.